The maximum absolute atomic E-state index is 13.2. The molecule has 2 aromatic rings. The van der Waals surface area contributed by atoms with Crippen molar-refractivity contribution in [2.75, 3.05) is 30.5 Å². The molecule has 2 rings (SSSR count). The molecule has 0 spiro atoms. The molecule has 2 N–H and O–H groups in total. The molecule has 0 fully saturated rings. The number of hydrogen-bond donors (Lipinski definition) is 2. The maximum Gasteiger partial charge on any atom is 0.422 e. The molecule has 0 aliphatic carbocycles. The number of halogens is 7. The average molecular weight is 500 g/mol. The molecule has 13 heteroatoms. The first kappa shape index (κ1) is 26.3. The van der Waals surface area contributed by atoms with Gasteiger partial charge in [0, 0.05) is 29.6 Å². The molecule has 182 valence electrons. The second-order valence-corrected chi connectivity index (χ2v) is 6.89. The van der Waals surface area contributed by atoms with E-state index in [4.69, 9.17) is 17.0 Å². The highest BCUT2D eigenvalue weighted by Crippen LogP contribution is 2.30. The first-order valence-electron chi connectivity index (χ1n) is 9.32. The lowest BCUT2D eigenvalue weighted by Gasteiger charge is -2.18. The van der Waals surface area contributed by atoms with Gasteiger partial charge in [-0.25, -0.2) is 8.78 Å². The standard InChI is InChI=1S/C20H19F7N2O3S/c1-2-30-14-5-3-12(4-6-14)28-18(33)29-13-7-15(31-10-19(23,24)17(21)22)9-16(8-13)32-11-20(25,26)27/h3-9,17H,2,10-11H2,1H3,(H2,28,29,33). The summed E-state index contributed by atoms with van der Waals surface area (Å²) in [6, 6.07) is 9.72. The van der Waals surface area contributed by atoms with Crippen LogP contribution in [-0.2, 0) is 0 Å². The highest BCUT2D eigenvalue weighted by atomic mass is 32.1. The highest BCUT2D eigenvalue weighted by Gasteiger charge is 2.41. The van der Waals surface area contributed by atoms with Gasteiger partial charge in [0.1, 0.15) is 17.2 Å². The molecule has 33 heavy (non-hydrogen) atoms. The van der Waals surface area contributed by atoms with E-state index >= 15 is 0 Å². The van der Waals surface area contributed by atoms with E-state index in [2.05, 4.69) is 20.1 Å². The molecule has 0 unspecified atom stereocenters. The Morgan fingerprint density at radius 2 is 1.36 bits per heavy atom. The highest BCUT2D eigenvalue weighted by molar-refractivity contribution is 7.80. The van der Waals surface area contributed by atoms with Crippen LogP contribution in [-0.4, -0.2) is 43.5 Å². The topological polar surface area (TPSA) is 51.8 Å². The van der Waals surface area contributed by atoms with Crippen molar-refractivity contribution in [3.63, 3.8) is 0 Å². The van der Waals surface area contributed by atoms with E-state index < -0.39 is 43.2 Å². The first-order chi connectivity index (χ1) is 15.4. The van der Waals surface area contributed by atoms with Gasteiger partial charge in [-0.1, -0.05) is 0 Å². The van der Waals surface area contributed by atoms with E-state index in [0.29, 0.717) is 18.0 Å². The summed E-state index contributed by atoms with van der Waals surface area (Å²) in [4.78, 5) is 0. The van der Waals surface area contributed by atoms with Gasteiger partial charge in [-0.05, 0) is 43.4 Å². The van der Waals surface area contributed by atoms with Gasteiger partial charge in [0.25, 0.3) is 0 Å². The van der Waals surface area contributed by atoms with Gasteiger partial charge in [-0.15, -0.1) is 0 Å². The third-order valence-electron chi connectivity index (χ3n) is 3.71. The van der Waals surface area contributed by atoms with Crippen LogP contribution in [0.5, 0.6) is 17.2 Å². The van der Waals surface area contributed by atoms with Crippen molar-refractivity contribution in [2.45, 2.75) is 25.4 Å². The molecule has 5 nitrogen and oxygen atoms in total. The molecule has 0 saturated carbocycles. The van der Waals surface area contributed by atoms with Crippen LogP contribution < -0.4 is 24.8 Å². The lowest BCUT2D eigenvalue weighted by atomic mass is 10.2. The molecule has 0 atom stereocenters. The van der Waals surface area contributed by atoms with Crippen molar-refractivity contribution in [3.05, 3.63) is 42.5 Å². The summed E-state index contributed by atoms with van der Waals surface area (Å²) >= 11 is 5.14. The SMILES string of the molecule is CCOc1ccc(NC(=S)Nc2cc(OCC(F)(F)F)cc(OCC(F)(F)C(F)F)c2)cc1. The van der Waals surface area contributed by atoms with Crippen LogP contribution in [0.1, 0.15) is 6.92 Å². The molecule has 2 aromatic carbocycles. The Balaban J connectivity index is 2.14. The number of ether oxygens (including phenoxy) is 3. The summed E-state index contributed by atoms with van der Waals surface area (Å²) < 4.78 is 103. The van der Waals surface area contributed by atoms with Gasteiger partial charge >= 0.3 is 18.5 Å². The number of thiocarbonyl (C=S) groups is 1. The fourth-order valence-electron chi connectivity index (χ4n) is 2.31. The molecule has 0 bridgehead atoms. The van der Waals surface area contributed by atoms with Crippen LogP contribution in [0.15, 0.2) is 42.5 Å². The molecule has 0 aliphatic heterocycles. The van der Waals surface area contributed by atoms with Crippen molar-refractivity contribution >= 4 is 28.7 Å². The van der Waals surface area contributed by atoms with Crippen molar-refractivity contribution in [1.82, 2.24) is 0 Å². The minimum Gasteiger partial charge on any atom is -0.494 e. The first-order valence-corrected chi connectivity index (χ1v) is 9.73. The number of hydrogen-bond acceptors (Lipinski definition) is 4. The van der Waals surface area contributed by atoms with Gasteiger partial charge in [0.05, 0.1) is 6.61 Å². The number of anilines is 2. The maximum atomic E-state index is 13.2. The van der Waals surface area contributed by atoms with E-state index in [1.807, 2.05) is 6.92 Å². The van der Waals surface area contributed by atoms with Crippen molar-refractivity contribution in [3.8, 4) is 17.2 Å². The quantitative estimate of drug-likeness (QED) is 0.303. The van der Waals surface area contributed by atoms with Crippen LogP contribution in [0, 0.1) is 0 Å². The third-order valence-corrected chi connectivity index (χ3v) is 3.92. The van der Waals surface area contributed by atoms with Gasteiger partial charge in [-0.2, -0.15) is 22.0 Å². The molecule has 0 aliphatic rings. The van der Waals surface area contributed by atoms with E-state index in [1.54, 1.807) is 24.3 Å². The zero-order valence-corrected chi connectivity index (χ0v) is 17.8. The Hall–Kier alpha value is -2.96. The Bertz CT molecular complexity index is 925. The molecule has 0 radical (unpaired) electrons. The summed E-state index contributed by atoms with van der Waals surface area (Å²) in [7, 11) is 0. The summed E-state index contributed by atoms with van der Waals surface area (Å²) in [5, 5.41) is 5.45. The Morgan fingerprint density at radius 3 is 1.88 bits per heavy atom. The zero-order chi connectivity index (χ0) is 24.6. The summed E-state index contributed by atoms with van der Waals surface area (Å²) in [6.07, 6.45) is -8.65. The van der Waals surface area contributed by atoms with Crippen molar-refractivity contribution in [1.29, 1.82) is 0 Å². The van der Waals surface area contributed by atoms with Gasteiger partial charge in [0.2, 0.25) is 0 Å². The van der Waals surface area contributed by atoms with Crippen LogP contribution >= 0.6 is 12.2 Å². The van der Waals surface area contributed by atoms with Crippen LogP contribution in [0.25, 0.3) is 0 Å². The lowest BCUT2D eigenvalue weighted by Crippen LogP contribution is -2.33. The van der Waals surface area contributed by atoms with Crippen molar-refractivity contribution in [2.24, 2.45) is 0 Å². The summed E-state index contributed by atoms with van der Waals surface area (Å²) in [5.74, 6) is -4.67. The van der Waals surface area contributed by atoms with Crippen LogP contribution in [0.3, 0.4) is 0 Å². The Labute approximate surface area is 189 Å². The summed E-state index contributed by atoms with van der Waals surface area (Å²) in [6.45, 7) is -1.06. The average Bonchev–Trinajstić information content (AvgIpc) is 2.72. The van der Waals surface area contributed by atoms with Gasteiger partial charge in [-0.3, -0.25) is 0 Å². The molecular weight excluding hydrogens is 481 g/mol. The number of alkyl halides is 7. The monoisotopic (exact) mass is 500 g/mol. The minimum absolute atomic E-state index is 0.00371. The lowest BCUT2D eigenvalue weighted by molar-refractivity contribution is -0.153. The predicted octanol–water partition coefficient (Wildman–Crippen LogP) is 6.11. The van der Waals surface area contributed by atoms with E-state index in [-0.39, 0.29) is 10.8 Å². The molecule has 0 heterocycles. The normalized spacial score (nSPS) is 11.8. The summed E-state index contributed by atoms with van der Waals surface area (Å²) in [5.41, 5.74) is 0.557. The van der Waals surface area contributed by atoms with Crippen LogP contribution in [0.4, 0.5) is 42.1 Å². The third kappa shape index (κ3) is 9.20. The molecule has 0 amide bonds. The second-order valence-electron chi connectivity index (χ2n) is 6.48. The molecule has 0 saturated heterocycles. The van der Waals surface area contributed by atoms with E-state index in [1.165, 1.54) is 0 Å². The van der Waals surface area contributed by atoms with Crippen LogP contribution in [0.2, 0.25) is 0 Å². The largest absolute Gasteiger partial charge is 0.494 e. The molecule has 0 aromatic heterocycles. The van der Waals surface area contributed by atoms with Gasteiger partial charge < -0.3 is 24.8 Å². The fraction of sp³-hybridized carbons (Fsp3) is 0.350. The number of rotatable bonds is 10. The predicted molar refractivity (Wildman–Crippen MR) is 112 cm³/mol. The second kappa shape index (κ2) is 11.3. The smallest absolute Gasteiger partial charge is 0.422 e. The van der Waals surface area contributed by atoms with Crippen molar-refractivity contribution < 1.29 is 44.9 Å². The Morgan fingerprint density at radius 1 is 0.818 bits per heavy atom. The number of nitrogens with one attached hydrogen (secondary N) is 2. The fourth-order valence-corrected chi connectivity index (χ4v) is 2.55. The zero-order valence-electron chi connectivity index (χ0n) is 17.0. The van der Waals surface area contributed by atoms with E-state index in [0.717, 1.165) is 18.2 Å². The molecular formula is C20H19F7N2O3S. The van der Waals surface area contributed by atoms with Gasteiger partial charge in [0.15, 0.2) is 18.3 Å². The number of benzene rings is 2. The minimum atomic E-state index is -4.67. The Kier molecular flexibility index (Phi) is 8.97. The van der Waals surface area contributed by atoms with E-state index in [9.17, 15) is 30.7 Å².